The van der Waals surface area contributed by atoms with Crippen LogP contribution in [0.4, 0.5) is 5.69 Å². The van der Waals surface area contributed by atoms with E-state index in [1.807, 2.05) is 0 Å². The Hall–Kier alpha value is -1.42. The fourth-order valence-corrected chi connectivity index (χ4v) is 0.767. The van der Waals surface area contributed by atoms with Gasteiger partial charge in [0.05, 0.1) is 0 Å². The van der Waals surface area contributed by atoms with Gasteiger partial charge in [-0.3, -0.25) is 4.79 Å². The third-order valence-corrected chi connectivity index (χ3v) is 1.24. The number of nitrogens with two attached hydrogens (primary N) is 1. The number of esters is 1. The Balaban J connectivity index is 0.00000144. The number of aromatic hydroxyl groups is 1. The maximum Gasteiger partial charge on any atom is 0.308 e. The molecular weight excluding hydrogens is 194 g/mol. The summed E-state index contributed by atoms with van der Waals surface area (Å²) in [6.45, 7) is 1.25. The van der Waals surface area contributed by atoms with E-state index in [0.29, 0.717) is 5.69 Å². The second-order valence-corrected chi connectivity index (χ2v) is 2.32. The topological polar surface area (TPSA) is 72.5 Å². The first-order valence-corrected chi connectivity index (χ1v) is 3.36. The van der Waals surface area contributed by atoms with E-state index in [-0.39, 0.29) is 23.9 Å². The minimum absolute atomic E-state index is 0. The van der Waals surface area contributed by atoms with Crippen molar-refractivity contribution in [3.05, 3.63) is 18.2 Å². The summed E-state index contributed by atoms with van der Waals surface area (Å²) in [5.74, 6) is -0.502. The van der Waals surface area contributed by atoms with E-state index >= 15 is 0 Å². The van der Waals surface area contributed by atoms with E-state index in [1.54, 1.807) is 0 Å². The smallest absolute Gasteiger partial charge is 0.308 e. The lowest BCUT2D eigenvalue weighted by atomic mass is 10.3. The zero-order valence-corrected chi connectivity index (χ0v) is 7.80. The molecule has 1 aromatic carbocycles. The number of carbonyl (C=O) groups excluding carboxylic acids is 1. The van der Waals surface area contributed by atoms with Crippen LogP contribution >= 0.6 is 12.4 Å². The number of halogens is 1. The molecule has 4 nitrogen and oxygen atoms in total. The highest BCUT2D eigenvalue weighted by molar-refractivity contribution is 5.85. The molecule has 13 heavy (non-hydrogen) atoms. The molecule has 0 unspecified atom stereocenters. The van der Waals surface area contributed by atoms with Gasteiger partial charge in [-0.1, -0.05) is 0 Å². The van der Waals surface area contributed by atoms with Crippen LogP contribution in [0, 0.1) is 0 Å². The Bertz CT molecular complexity index is 314. The molecule has 0 aliphatic heterocycles. The molecule has 0 bridgehead atoms. The van der Waals surface area contributed by atoms with Crippen molar-refractivity contribution in [2.45, 2.75) is 6.92 Å². The van der Waals surface area contributed by atoms with E-state index in [4.69, 9.17) is 10.8 Å². The average Bonchev–Trinajstić information content (AvgIpc) is 1.96. The molecule has 0 aromatic heterocycles. The molecular formula is C8H10ClNO3. The van der Waals surface area contributed by atoms with Gasteiger partial charge in [0.1, 0.15) is 0 Å². The summed E-state index contributed by atoms with van der Waals surface area (Å²) >= 11 is 0. The number of benzene rings is 1. The number of nitrogen functional groups attached to an aromatic ring is 1. The number of carbonyl (C=O) groups is 1. The van der Waals surface area contributed by atoms with Gasteiger partial charge in [-0.05, 0) is 12.1 Å². The normalized spacial score (nSPS) is 8.69. The van der Waals surface area contributed by atoms with Crippen LogP contribution in [-0.4, -0.2) is 11.1 Å². The first kappa shape index (κ1) is 11.6. The highest BCUT2D eigenvalue weighted by Crippen LogP contribution is 2.27. The Morgan fingerprint density at radius 3 is 2.69 bits per heavy atom. The van der Waals surface area contributed by atoms with E-state index in [0.717, 1.165) is 0 Å². The number of ether oxygens (including phenoxy) is 1. The van der Waals surface area contributed by atoms with Crippen molar-refractivity contribution in [3.8, 4) is 11.5 Å². The lowest BCUT2D eigenvalue weighted by Crippen LogP contribution is -2.01. The van der Waals surface area contributed by atoms with Crippen molar-refractivity contribution < 1.29 is 14.6 Å². The predicted octanol–water partition coefficient (Wildman–Crippen LogP) is 1.32. The van der Waals surface area contributed by atoms with E-state index in [2.05, 4.69) is 4.74 Å². The van der Waals surface area contributed by atoms with Crippen LogP contribution < -0.4 is 10.5 Å². The fraction of sp³-hybridized carbons (Fsp3) is 0.125. The number of hydrogen-bond donors (Lipinski definition) is 2. The molecule has 0 aliphatic rings. The van der Waals surface area contributed by atoms with E-state index in [1.165, 1.54) is 25.1 Å². The Morgan fingerprint density at radius 1 is 1.54 bits per heavy atom. The number of phenolic OH excluding ortho intramolecular Hbond substituents is 1. The number of rotatable bonds is 1. The molecule has 0 amide bonds. The van der Waals surface area contributed by atoms with Gasteiger partial charge in [0.2, 0.25) is 0 Å². The summed E-state index contributed by atoms with van der Waals surface area (Å²) in [5, 5.41) is 9.15. The summed E-state index contributed by atoms with van der Waals surface area (Å²) in [4.78, 5) is 10.5. The SMILES string of the molecule is CC(=O)Oc1cc(N)ccc1O.Cl. The van der Waals surface area contributed by atoms with Crippen molar-refractivity contribution in [1.29, 1.82) is 0 Å². The lowest BCUT2D eigenvalue weighted by molar-refractivity contribution is -0.132. The summed E-state index contributed by atoms with van der Waals surface area (Å²) in [5.41, 5.74) is 5.84. The summed E-state index contributed by atoms with van der Waals surface area (Å²) < 4.78 is 4.66. The van der Waals surface area contributed by atoms with Crippen molar-refractivity contribution >= 4 is 24.1 Å². The minimum Gasteiger partial charge on any atom is -0.504 e. The average molecular weight is 204 g/mol. The Morgan fingerprint density at radius 2 is 2.15 bits per heavy atom. The van der Waals surface area contributed by atoms with Gasteiger partial charge >= 0.3 is 5.97 Å². The number of hydrogen-bond acceptors (Lipinski definition) is 4. The van der Waals surface area contributed by atoms with Crippen molar-refractivity contribution in [3.63, 3.8) is 0 Å². The summed E-state index contributed by atoms with van der Waals surface area (Å²) in [6, 6.07) is 4.27. The van der Waals surface area contributed by atoms with Crippen LogP contribution in [0.3, 0.4) is 0 Å². The van der Waals surface area contributed by atoms with Gasteiger partial charge in [0, 0.05) is 18.7 Å². The van der Waals surface area contributed by atoms with Gasteiger partial charge in [-0.15, -0.1) is 12.4 Å². The molecule has 0 aliphatic carbocycles. The largest absolute Gasteiger partial charge is 0.504 e. The Labute approximate surface area is 81.7 Å². The van der Waals surface area contributed by atoms with Gasteiger partial charge in [0.15, 0.2) is 11.5 Å². The van der Waals surface area contributed by atoms with Gasteiger partial charge in [-0.25, -0.2) is 0 Å². The second-order valence-electron chi connectivity index (χ2n) is 2.32. The summed E-state index contributed by atoms with van der Waals surface area (Å²) in [6.07, 6.45) is 0. The molecule has 1 rings (SSSR count). The second kappa shape index (κ2) is 4.57. The maximum atomic E-state index is 10.5. The third-order valence-electron chi connectivity index (χ3n) is 1.24. The van der Waals surface area contributed by atoms with Crippen LogP contribution in [0.1, 0.15) is 6.92 Å². The highest BCUT2D eigenvalue weighted by Gasteiger charge is 2.04. The number of phenols is 1. The predicted molar refractivity (Wildman–Crippen MR) is 51.1 cm³/mol. The van der Waals surface area contributed by atoms with Gasteiger partial charge < -0.3 is 15.6 Å². The van der Waals surface area contributed by atoms with Crippen molar-refractivity contribution in [2.24, 2.45) is 0 Å². The van der Waals surface area contributed by atoms with Crippen LogP contribution in [0.15, 0.2) is 18.2 Å². The van der Waals surface area contributed by atoms with Gasteiger partial charge in [0.25, 0.3) is 0 Å². The lowest BCUT2D eigenvalue weighted by Gasteiger charge is -2.03. The van der Waals surface area contributed by atoms with Crippen LogP contribution in [0.5, 0.6) is 11.5 Å². The van der Waals surface area contributed by atoms with E-state index in [9.17, 15) is 4.79 Å². The quantitative estimate of drug-likeness (QED) is 0.313. The monoisotopic (exact) mass is 203 g/mol. The molecule has 72 valence electrons. The first-order valence-electron chi connectivity index (χ1n) is 3.36. The summed E-state index contributed by atoms with van der Waals surface area (Å²) in [7, 11) is 0. The zero-order chi connectivity index (χ0) is 9.14. The van der Waals surface area contributed by atoms with Crippen molar-refractivity contribution in [1.82, 2.24) is 0 Å². The Kier molecular flexibility index (Phi) is 4.07. The third kappa shape index (κ3) is 3.21. The van der Waals surface area contributed by atoms with Crippen LogP contribution in [-0.2, 0) is 4.79 Å². The van der Waals surface area contributed by atoms with Crippen LogP contribution in [0.25, 0.3) is 0 Å². The molecule has 0 saturated carbocycles. The molecule has 0 fully saturated rings. The highest BCUT2D eigenvalue weighted by atomic mass is 35.5. The number of anilines is 1. The standard InChI is InChI=1S/C8H9NO3.ClH/c1-5(10)12-8-4-6(9)2-3-7(8)11;/h2-4,11H,9H2,1H3;1H. The molecule has 5 heteroatoms. The van der Waals surface area contributed by atoms with E-state index < -0.39 is 5.97 Å². The minimum atomic E-state index is -0.490. The zero-order valence-electron chi connectivity index (χ0n) is 6.98. The molecule has 0 heterocycles. The molecule has 0 atom stereocenters. The van der Waals surface area contributed by atoms with Crippen LogP contribution in [0.2, 0.25) is 0 Å². The molecule has 0 radical (unpaired) electrons. The molecule has 3 N–H and O–H groups in total. The first-order chi connectivity index (χ1) is 5.59. The maximum absolute atomic E-state index is 10.5. The molecule has 0 saturated heterocycles. The fourth-order valence-electron chi connectivity index (χ4n) is 0.767. The molecule has 0 spiro atoms. The van der Waals surface area contributed by atoms with Gasteiger partial charge in [-0.2, -0.15) is 0 Å². The molecule has 1 aromatic rings. The van der Waals surface area contributed by atoms with Crippen molar-refractivity contribution in [2.75, 3.05) is 5.73 Å².